The topological polar surface area (TPSA) is 118 Å². The van der Waals surface area contributed by atoms with Gasteiger partial charge in [-0.2, -0.15) is 5.06 Å². The van der Waals surface area contributed by atoms with Gasteiger partial charge in [0.15, 0.2) is 12.6 Å². The second kappa shape index (κ2) is 16.4. The van der Waals surface area contributed by atoms with Gasteiger partial charge in [0.1, 0.15) is 0 Å². The van der Waals surface area contributed by atoms with Crippen molar-refractivity contribution in [3.8, 4) is 0 Å². The van der Waals surface area contributed by atoms with E-state index in [0.29, 0.717) is 23.7 Å². The molecule has 0 aliphatic carbocycles. The Balaban J connectivity index is 0.000000257. The number of rotatable bonds is 6. The summed E-state index contributed by atoms with van der Waals surface area (Å²) in [6.45, 7) is 14.3. The average molecular weight is 481 g/mol. The predicted molar refractivity (Wildman–Crippen MR) is 136 cm³/mol. The number of hydrogen-bond acceptors (Lipinski definition) is 9. The fraction of sp³-hybridized carbons (Fsp3) is 0.667. The smallest absolute Gasteiger partial charge is 0.219 e. The van der Waals surface area contributed by atoms with Crippen LogP contribution in [0.2, 0.25) is 0 Å². The highest BCUT2D eigenvalue weighted by atomic mass is 16.8. The van der Waals surface area contributed by atoms with Gasteiger partial charge < -0.3 is 30.9 Å². The maximum atomic E-state index is 10.8. The normalized spacial score (nSPS) is 17.3. The van der Waals surface area contributed by atoms with Crippen molar-refractivity contribution in [2.45, 2.75) is 27.2 Å². The number of Topliss-reactive ketones (excluding diaryl/α,β-unsaturated/α-hetero) is 1. The Kier molecular flexibility index (Phi) is 14.4. The van der Waals surface area contributed by atoms with Gasteiger partial charge in [-0.25, -0.2) is 0 Å². The third-order valence-corrected chi connectivity index (χ3v) is 5.46. The van der Waals surface area contributed by atoms with E-state index in [4.69, 9.17) is 21.0 Å². The van der Waals surface area contributed by atoms with Gasteiger partial charge >= 0.3 is 0 Å². The molecule has 2 aliphatic rings. The third kappa shape index (κ3) is 12.9. The number of hydrogen-bond donors (Lipinski definition) is 2. The van der Waals surface area contributed by atoms with E-state index in [9.17, 15) is 9.59 Å². The number of hydroxylamine groups is 2. The van der Waals surface area contributed by atoms with E-state index in [0.717, 1.165) is 65.4 Å². The number of amides is 1. The summed E-state index contributed by atoms with van der Waals surface area (Å²) in [4.78, 5) is 33.5. The molecule has 0 saturated carbocycles. The first-order chi connectivity index (χ1) is 16.1. The molecule has 194 valence electrons. The third-order valence-electron chi connectivity index (χ3n) is 5.46. The van der Waals surface area contributed by atoms with Gasteiger partial charge in [-0.15, -0.1) is 0 Å². The van der Waals surface area contributed by atoms with Crippen LogP contribution in [-0.4, -0.2) is 111 Å². The Morgan fingerprint density at radius 1 is 0.853 bits per heavy atom. The van der Waals surface area contributed by atoms with Crippen molar-refractivity contribution < 1.29 is 19.2 Å². The molecule has 0 spiro atoms. The molecule has 2 fully saturated rings. The molecule has 0 atom stereocenters. The van der Waals surface area contributed by atoms with Crippen molar-refractivity contribution in [1.29, 1.82) is 0 Å². The Labute approximate surface area is 204 Å². The first kappa shape index (κ1) is 29.8. The number of carbonyl (C=O) groups excluding carboxylic acids is 2. The van der Waals surface area contributed by atoms with E-state index in [1.54, 1.807) is 25.1 Å². The maximum absolute atomic E-state index is 10.8. The molecule has 10 nitrogen and oxygen atoms in total. The highest BCUT2D eigenvalue weighted by Crippen LogP contribution is 2.13. The number of nitrogen functional groups attached to an aromatic ring is 2. The van der Waals surface area contributed by atoms with Crippen LogP contribution in [-0.2, 0) is 14.4 Å². The van der Waals surface area contributed by atoms with E-state index in [1.807, 2.05) is 9.96 Å². The highest BCUT2D eigenvalue weighted by molar-refractivity contribution is 5.95. The first-order valence-electron chi connectivity index (χ1n) is 11.9. The molecule has 10 heteroatoms. The van der Waals surface area contributed by atoms with E-state index < -0.39 is 0 Å². The number of ketones is 1. The van der Waals surface area contributed by atoms with Crippen LogP contribution in [0.25, 0.3) is 0 Å². The number of ether oxygens (including phenoxy) is 1. The van der Waals surface area contributed by atoms with Crippen LogP contribution in [0.1, 0.15) is 37.6 Å². The summed E-state index contributed by atoms with van der Waals surface area (Å²) in [5.74, 6) is 0.178. The minimum absolute atomic E-state index is 0.0241. The summed E-state index contributed by atoms with van der Waals surface area (Å²) >= 11 is 0. The van der Waals surface area contributed by atoms with Crippen molar-refractivity contribution in [1.82, 2.24) is 19.8 Å². The van der Waals surface area contributed by atoms with Crippen LogP contribution in [0.4, 0.5) is 11.4 Å². The Morgan fingerprint density at radius 2 is 1.35 bits per heavy atom. The molecule has 0 aromatic heterocycles. The minimum Gasteiger partial charge on any atom is -0.399 e. The Hall–Kier alpha value is -2.24. The Bertz CT molecular complexity index is 712. The molecular formula is C24H44N6O4. The fourth-order valence-corrected chi connectivity index (χ4v) is 3.23. The number of carbonyl (C=O) groups is 2. The van der Waals surface area contributed by atoms with Crippen LogP contribution in [0.3, 0.4) is 0 Å². The summed E-state index contributed by atoms with van der Waals surface area (Å²) < 4.78 is 5.23. The number of nitrogens with zero attached hydrogens (tertiary/aromatic N) is 4. The number of likely N-dealkylation sites (N-methyl/N-ethyl adjacent to an activating group) is 2. The predicted octanol–water partition coefficient (Wildman–Crippen LogP) is 1.38. The minimum atomic E-state index is -0.0241. The summed E-state index contributed by atoms with van der Waals surface area (Å²) in [5, 5.41) is 1.98. The average Bonchev–Trinajstić information content (AvgIpc) is 2.78. The highest BCUT2D eigenvalue weighted by Gasteiger charge is 2.15. The second-order valence-corrected chi connectivity index (χ2v) is 8.64. The Morgan fingerprint density at radius 3 is 1.79 bits per heavy atom. The molecule has 0 unspecified atom stereocenters. The van der Waals surface area contributed by atoms with Crippen LogP contribution >= 0.6 is 0 Å². The van der Waals surface area contributed by atoms with Crippen molar-refractivity contribution in [3.63, 3.8) is 0 Å². The number of nitrogens with two attached hydrogens (primary N) is 2. The fourth-order valence-electron chi connectivity index (χ4n) is 3.23. The van der Waals surface area contributed by atoms with E-state index in [-0.39, 0.29) is 11.7 Å². The molecule has 1 amide bonds. The van der Waals surface area contributed by atoms with E-state index in [1.165, 1.54) is 6.92 Å². The zero-order valence-electron chi connectivity index (χ0n) is 21.6. The lowest BCUT2D eigenvalue weighted by Crippen LogP contribution is -2.46. The monoisotopic (exact) mass is 480 g/mol. The van der Waals surface area contributed by atoms with Gasteiger partial charge in [-0.1, -0.05) is 6.92 Å². The van der Waals surface area contributed by atoms with Crippen molar-refractivity contribution in [3.05, 3.63) is 23.8 Å². The first-order valence-corrected chi connectivity index (χ1v) is 11.9. The lowest BCUT2D eigenvalue weighted by molar-refractivity contribution is -0.234. The number of benzene rings is 1. The van der Waals surface area contributed by atoms with Gasteiger partial charge in [-0.3, -0.25) is 14.4 Å². The molecule has 2 heterocycles. The van der Waals surface area contributed by atoms with Crippen LogP contribution in [0.15, 0.2) is 18.2 Å². The van der Waals surface area contributed by atoms with E-state index >= 15 is 0 Å². The largest absolute Gasteiger partial charge is 0.399 e. The molecule has 3 rings (SSSR count). The molecule has 2 aliphatic heterocycles. The van der Waals surface area contributed by atoms with Gasteiger partial charge in [0.2, 0.25) is 5.91 Å². The molecule has 1 aromatic carbocycles. The molecule has 34 heavy (non-hydrogen) atoms. The SMILES string of the molecule is CC(=O)N1CCN(C)CC1.CC(=O)c1cc(N)cc(N)c1.CCCOCON1CCN(C)CC1. The molecule has 0 radical (unpaired) electrons. The molecule has 1 aromatic rings. The molecule has 4 N–H and O–H groups in total. The van der Waals surface area contributed by atoms with Crippen molar-refractivity contribution in [2.24, 2.45) is 0 Å². The number of piperazine rings is 2. The van der Waals surface area contributed by atoms with Gasteiger partial charge in [0.05, 0.1) is 0 Å². The lowest BCUT2D eigenvalue weighted by Gasteiger charge is -2.31. The summed E-state index contributed by atoms with van der Waals surface area (Å²) in [6.07, 6.45) is 1.05. The molecule has 2 saturated heterocycles. The van der Waals surface area contributed by atoms with Crippen LogP contribution in [0, 0.1) is 0 Å². The van der Waals surface area contributed by atoms with Crippen molar-refractivity contribution >= 4 is 23.1 Å². The zero-order chi connectivity index (χ0) is 25.5. The molecular weight excluding hydrogens is 436 g/mol. The standard InChI is InChI=1S/C9H20N2O2.C8H10N2O.C7H14N2O/c1-3-8-12-9-13-11-6-4-10(2)5-7-11;1-5(11)6-2-7(9)4-8(10)3-6;1-7(10)9-5-3-8(2)4-6-9/h3-9H2,1-2H3;2-4H,9-10H2,1H3;3-6H2,1-2H3. The molecule has 0 bridgehead atoms. The zero-order valence-corrected chi connectivity index (χ0v) is 21.6. The van der Waals surface area contributed by atoms with Gasteiger partial charge in [0, 0.05) is 82.8 Å². The van der Waals surface area contributed by atoms with Crippen LogP contribution in [0.5, 0.6) is 0 Å². The van der Waals surface area contributed by atoms with E-state index in [2.05, 4.69) is 30.8 Å². The summed E-state index contributed by atoms with van der Waals surface area (Å²) in [7, 11) is 4.21. The second-order valence-electron chi connectivity index (χ2n) is 8.64. The van der Waals surface area contributed by atoms with Crippen molar-refractivity contribution in [2.75, 3.05) is 91.3 Å². The van der Waals surface area contributed by atoms with Crippen LogP contribution < -0.4 is 11.5 Å². The maximum Gasteiger partial charge on any atom is 0.219 e. The van der Waals surface area contributed by atoms with Gasteiger partial charge in [-0.05, 0) is 45.6 Å². The quantitative estimate of drug-likeness (QED) is 0.269. The summed E-state index contributed by atoms with van der Waals surface area (Å²) in [5.41, 5.74) is 12.5. The lowest BCUT2D eigenvalue weighted by atomic mass is 10.1. The number of anilines is 2. The van der Waals surface area contributed by atoms with Gasteiger partial charge in [0.25, 0.3) is 0 Å². The summed E-state index contributed by atoms with van der Waals surface area (Å²) in [6, 6.07) is 4.84.